The van der Waals surface area contributed by atoms with E-state index in [1.165, 1.54) is 0 Å². The Morgan fingerprint density at radius 1 is 0.895 bits per heavy atom. The van der Waals surface area contributed by atoms with E-state index in [1.807, 2.05) is 0 Å². The Labute approximate surface area is 136 Å². The molecule has 0 spiro atoms. The van der Waals surface area contributed by atoms with Gasteiger partial charge in [0.25, 0.3) is 0 Å². The van der Waals surface area contributed by atoms with Gasteiger partial charge in [-0.05, 0) is 51.8 Å². The maximum atomic E-state index is 13.9. The van der Waals surface area contributed by atoms with Crippen LogP contribution in [0.4, 0.5) is 8.78 Å². The third-order valence-corrected chi connectivity index (χ3v) is 4.58. The van der Waals surface area contributed by atoms with E-state index in [4.69, 9.17) is 23.2 Å². The number of hydrogen-bond donors (Lipinski definition) is 0. The largest absolute Gasteiger partial charge is 0.207 e. The smallest absolute Gasteiger partial charge is 0.137 e. The standard InChI is InChI=1S/C13H6Br2Cl2F2/c14-9-2-1-6(16)3-7(9)13(17)8-4-12(19)10(15)5-11(8)18/h1-5,13H. The summed E-state index contributed by atoms with van der Waals surface area (Å²) in [4.78, 5) is 0. The van der Waals surface area contributed by atoms with E-state index in [1.54, 1.807) is 18.2 Å². The van der Waals surface area contributed by atoms with Crippen LogP contribution in [0.3, 0.4) is 0 Å². The molecular formula is C13H6Br2Cl2F2. The van der Waals surface area contributed by atoms with E-state index in [0.717, 1.165) is 12.1 Å². The molecule has 0 aliphatic rings. The number of benzene rings is 2. The van der Waals surface area contributed by atoms with Crippen LogP contribution in [-0.2, 0) is 0 Å². The second-order valence-electron chi connectivity index (χ2n) is 3.82. The number of hydrogen-bond acceptors (Lipinski definition) is 0. The maximum absolute atomic E-state index is 13.9. The molecule has 0 bridgehead atoms. The summed E-state index contributed by atoms with van der Waals surface area (Å²) in [6.45, 7) is 0. The van der Waals surface area contributed by atoms with Gasteiger partial charge in [-0.3, -0.25) is 0 Å². The highest BCUT2D eigenvalue weighted by Gasteiger charge is 2.20. The summed E-state index contributed by atoms with van der Waals surface area (Å²) in [5.41, 5.74) is 0.639. The highest BCUT2D eigenvalue weighted by Crippen LogP contribution is 2.37. The molecule has 0 aliphatic carbocycles. The van der Waals surface area contributed by atoms with Gasteiger partial charge >= 0.3 is 0 Å². The Morgan fingerprint density at radius 2 is 1.58 bits per heavy atom. The number of alkyl halides is 1. The fourth-order valence-electron chi connectivity index (χ4n) is 1.61. The molecular weight excluding hydrogens is 425 g/mol. The molecule has 2 aromatic carbocycles. The van der Waals surface area contributed by atoms with Gasteiger partial charge in [-0.25, -0.2) is 8.78 Å². The van der Waals surface area contributed by atoms with E-state index in [9.17, 15) is 8.78 Å². The summed E-state index contributed by atoms with van der Waals surface area (Å²) in [6, 6.07) is 7.13. The zero-order valence-electron chi connectivity index (χ0n) is 9.23. The molecule has 0 aliphatic heterocycles. The molecule has 0 radical (unpaired) electrons. The van der Waals surface area contributed by atoms with Crippen LogP contribution in [0, 0.1) is 11.6 Å². The van der Waals surface area contributed by atoms with Crippen molar-refractivity contribution in [3.05, 3.63) is 67.1 Å². The first kappa shape index (κ1) is 15.2. The lowest BCUT2D eigenvalue weighted by atomic mass is 10.0. The average Bonchev–Trinajstić information content (AvgIpc) is 2.36. The van der Waals surface area contributed by atoms with Gasteiger partial charge in [0.2, 0.25) is 0 Å². The van der Waals surface area contributed by atoms with Crippen LogP contribution in [0.25, 0.3) is 0 Å². The zero-order chi connectivity index (χ0) is 14.2. The van der Waals surface area contributed by atoms with Crippen LogP contribution < -0.4 is 0 Å². The Bertz CT molecular complexity index is 632. The van der Waals surface area contributed by atoms with Crippen molar-refractivity contribution < 1.29 is 8.78 Å². The average molecular weight is 431 g/mol. The monoisotopic (exact) mass is 428 g/mol. The van der Waals surface area contributed by atoms with E-state index in [2.05, 4.69) is 31.9 Å². The van der Waals surface area contributed by atoms with E-state index >= 15 is 0 Å². The summed E-state index contributed by atoms with van der Waals surface area (Å²) in [5, 5.41) is -0.363. The molecule has 2 aromatic rings. The van der Waals surface area contributed by atoms with Crippen LogP contribution in [0.5, 0.6) is 0 Å². The van der Waals surface area contributed by atoms with Crippen molar-refractivity contribution in [2.75, 3.05) is 0 Å². The summed E-state index contributed by atoms with van der Waals surface area (Å²) in [5.74, 6) is -1.15. The quantitative estimate of drug-likeness (QED) is 0.378. The first-order valence-corrected chi connectivity index (χ1v) is 7.53. The van der Waals surface area contributed by atoms with Gasteiger partial charge in [-0.2, -0.15) is 0 Å². The topological polar surface area (TPSA) is 0 Å². The molecule has 0 saturated carbocycles. The summed E-state index contributed by atoms with van der Waals surface area (Å²) in [6.07, 6.45) is 0. The first-order chi connectivity index (χ1) is 8.90. The van der Waals surface area contributed by atoms with Gasteiger partial charge in [0, 0.05) is 15.1 Å². The van der Waals surface area contributed by atoms with Crippen molar-refractivity contribution in [2.45, 2.75) is 5.38 Å². The van der Waals surface area contributed by atoms with Gasteiger partial charge in [0.05, 0.1) is 9.85 Å². The predicted molar refractivity (Wildman–Crippen MR) is 80.9 cm³/mol. The van der Waals surface area contributed by atoms with Crippen molar-refractivity contribution in [3.8, 4) is 0 Å². The highest BCUT2D eigenvalue weighted by molar-refractivity contribution is 9.10. The Hall–Kier alpha value is -0.160. The van der Waals surface area contributed by atoms with Gasteiger partial charge in [0.15, 0.2) is 0 Å². The lowest BCUT2D eigenvalue weighted by Crippen LogP contribution is -2.00. The summed E-state index contributed by atoms with van der Waals surface area (Å²) >= 11 is 18.4. The molecule has 0 nitrogen and oxygen atoms in total. The van der Waals surface area contributed by atoms with Gasteiger partial charge in [-0.15, -0.1) is 11.6 Å². The first-order valence-electron chi connectivity index (χ1n) is 5.13. The van der Waals surface area contributed by atoms with Crippen LogP contribution >= 0.6 is 55.1 Å². The molecule has 19 heavy (non-hydrogen) atoms. The lowest BCUT2D eigenvalue weighted by Gasteiger charge is -2.14. The van der Waals surface area contributed by atoms with Crippen LogP contribution in [0.1, 0.15) is 16.5 Å². The molecule has 0 fully saturated rings. The number of rotatable bonds is 2. The Balaban J connectivity index is 2.52. The van der Waals surface area contributed by atoms with Crippen LogP contribution in [0.2, 0.25) is 5.02 Å². The molecule has 2 rings (SSSR count). The second-order valence-corrected chi connectivity index (χ2v) is 6.40. The highest BCUT2D eigenvalue weighted by atomic mass is 79.9. The zero-order valence-corrected chi connectivity index (χ0v) is 13.9. The molecule has 100 valence electrons. The molecule has 1 unspecified atom stereocenters. The third kappa shape index (κ3) is 3.30. The number of halogens is 6. The van der Waals surface area contributed by atoms with Gasteiger partial charge in [0.1, 0.15) is 11.6 Å². The normalized spacial score (nSPS) is 12.5. The second kappa shape index (κ2) is 6.08. The molecule has 6 heteroatoms. The molecule has 0 N–H and O–H groups in total. The van der Waals surface area contributed by atoms with E-state index < -0.39 is 17.0 Å². The van der Waals surface area contributed by atoms with E-state index in [-0.39, 0.29) is 10.0 Å². The summed E-state index contributed by atoms with van der Waals surface area (Å²) in [7, 11) is 0. The maximum Gasteiger partial charge on any atom is 0.137 e. The Kier molecular flexibility index (Phi) is 4.88. The third-order valence-electron chi connectivity index (χ3n) is 2.54. The van der Waals surface area contributed by atoms with Gasteiger partial charge in [-0.1, -0.05) is 27.5 Å². The Morgan fingerprint density at radius 3 is 2.26 bits per heavy atom. The van der Waals surface area contributed by atoms with Crippen LogP contribution in [0.15, 0.2) is 39.3 Å². The van der Waals surface area contributed by atoms with Crippen molar-refractivity contribution in [1.29, 1.82) is 0 Å². The SMILES string of the molecule is Fc1cc(C(Cl)c2cc(Cl)ccc2Br)c(F)cc1Br. The lowest BCUT2D eigenvalue weighted by molar-refractivity contribution is 0.582. The minimum absolute atomic E-state index is 0.0581. The molecule has 0 saturated heterocycles. The van der Waals surface area contributed by atoms with Crippen molar-refractivity contribution in [1.82, 2.24) is 0 Å². The molecule has 0 aromatic heterocycles. The van der Waals surface area contributed by atoms with Crippen molar-refractivity contribution in [2.24, 2.45) is 0 Å². The fourth-order valence-corrected chi connectivity index (χ4v) is 3.06. The molecule has 0 amide bonds. The van der Waals surface area contributed by atoms with Crippen molar-refractivity contribution >= 4 is 55.1 Å². The fraction of sp³-hybridized carbons (Fsp3) is 0.0769. The summed E-state index contributed by atoms with van der Waals surface area (Å²) < 4.78 is 28.1. The van der Waals surface area contributed by atoms with Crippen LogP contribution in [-0.4, -0.2) is 0 Å². The molecule has 1 atom stereocenters. The van der Waals surface area contributed by atoms with Crippen molar-refractivity contribution in [3.63, 3.8) is 0 Å². The van der Waals surface area contributed by atoms with E-state index in [0.29, 0.717) is 15.1 Å². The molecule has 0 heterocycles. The minimum Gasteiger partial charge on any atom is -0.207 e. The predicted octanol–water partition coefficient (Wildman–Crippen LogP) is 6.47. The van der Waals surface area contributed by atoms with Gasteiger partial charge < -0.3 is 0 Å². The minimum atomic E-state index is -0.837.